The average Bonchev–Trinajstić information content (AvgIpc) is 3.20. The van der Waals surface area contributed by atoms with Gasteiger partial charge in [0.25, 0.3) is 0 Å². The van der Waals surface area contributed by atoms with Crippen molar-refractivity contribution in [3.8, 4) is 17.5 Å². The lowest BCUT2D eigenvalue weighted by molar-refractivity contribution is 0.0953. The molecule has 1 aromatic heterocycles. The Morgan fingerprint density at radius 3 is 2.87 bits per heavy atom. The van der Waals surface area contributed by atoms with Crippen LogP contribution in [-0.4, -0.2) is 32.7 Å². The molecule has 1 aromatic carbocycles. The zero-order valence-electron chi connectivity index (χ0n) is 12.8. The summed E-state index contributed by atoms with van der Waals surface area (Å²) in [5.41, 5.74) is 0.955. The second kappa shape index (κ2) is 7.35. The van der Waals surface area contributed by atoms with E-state index in [1.54, 1.807) is 0 Å². The van der Waals surface area contributed by atoms with Crippen molar-refractivity contribution in [3.63, 3.8) is 0 Å². The molecule has 7 heteroatoms. The van der Waals surface area contributed by atoms with Gasteiger partial charge in [0, 0.05) is 17.2 Å². The van der Waals surface area contributed by atoms with Crippen molar-refractivity contribution in [2.24, 2.45) is 0 Å². The molecule has 0 radical (unpaired) electrons. The number of nitriles is 1. The number of hydrogen-bond acceptors (Lipinski definition) is 5. The largest absolute Gasteiger partial charge is 0.376 e. The average molecular weight is 349 g/mol. The summed E-state index contributed by atoms with van der Waals surface area (Å²) >= 11 is 7.39. The molecule has 1 saturated heterocycles. The van der Waals surface area contributed by atoms with Crippen molar-refractivity contribution in [1.82, 2.24) is 14.8 Å². The predicted octanol–water partition coefficient (Wildman–Crippen LogP) is 3.78. The fraction of sp³-hybridized carbons (Fsp3) is 0.438. The zero-order valence-corrected chi connectivity index (χ0v) is 14.3. The molecule has 1 aliphatic rings. The molecule has 2 heterocycles. The van der Waals surface area contributed by atoms with E-state index in [4.69, 9.17) is 21.6 Å². The fourth-order valence-electron chi connectivity index (χ4n) is 2.53. The number of rotatable bonds is 5. The Labute approximate surface area is 144 Å². The molecular weight excluding hydrogens is 332 g/mol. The Kier molecular flexibility index (Phi) is 5.21. The molecule has 0 unspecified atom stereocenters. The Bertz CT molecular complexity index is 704. The molecule has 0 N–H and O–H groups in total. The summed E-state index contributed by atoms with van der Waals surface area (Å²) in [5.74, 6) is 0.782. The van der Waals surface area contributed by atoms with Gasteiger partial charge in [-0.05, 0) is 44.0 Å². The first kappa shape index (κ1) is 16.3. The van der Waals surface area contributed by atoms with Crippen molar-refractivity contribution < 1.29 is 4.74 Å². The van der Waals surface area contributed by atoms with Crippen molar-refractivity contribution in [3.05, 3.63) is 29.3 Å². The lowest BCUT2D eigenvalue weighted by Gasteiger charge is -2.15. The second-order valence-electron chi connectivity index (χ2n) is 5.45. The first-order valence-corrected chi connectivity index (χ1v) is 8.80. The quantitative estimate of drug-likeness (QED) is 0.769. The van der Waals surface area contributed by atoms with Crippen LogP contribution in [0.15, 0.2) is 29.4 Å². The van der Waals surface area contributed by atoms with Gasteiger partial charge in [-0.25, -0.2) is 0 Å². The third-order valence-corrected chi connectivity index (χ3v) is 4.92. The molecule has 0 saturated carbocycles. The topological polar surface area (TPSA) is 63.7 Å². The minimum atomic E-state index is -0.180. The summed E-state index contributed by atoms with van der Waals surface area (Å²) in [4.78, 5) is 0. The van der Waals surface area contributed by atoms with Crippen molar-refractivity contribution in [1.29, 1.82) is 5.26 Å². The fourth-order valence-corrected chi connectivity index (χ4v) is 3.40. The van der Waals surface area contributed by atoms with Gasteiger partial charge in [-0.15, -0.1) is 10.2 Å². The molecule has 0 bridgehead atoms. The maximum Gasteiger partial charge on any atom is 0.192 e. The van der Waals surface area contributed by atoms with Gasteiger partial charge >= 0.3 is 0 Å². The van der Waals surface area contributed by atoms with Gasteiger partial charge in [0.1, 0.15) is 0 Å². The van der Waals surface area contributed by atoms with Crippen LogP contribution < -0.4 is 0 Å². The van der Waals surface area contributed by atoms with Gasteiger partial charge in [0.05, 0.1) is 24.0 Å². The van der Waals surface area contributed by atoms with Gasteiger partial charge in [0.2, 0.25) is 0 Å². The van der Waals surface area contributed by atoms with Crippen molar-refractivity contribution in [2.75, 3.05) is 6.61 Å². The highest BCUT2D eigenvalue weighted by Crippen LogP contribution is 2.29. The van der Waals surface area contributed by atoms with Gasteiger partial charge in [-0.3, -0.25) is 4.57 Å². The molecule has 23 heavy (non-hydrogen) atoms. The minimum absolute atomic E-state index is 0.175. The monoisotopic (exact) mass is 348 g/mol. The van der Waals surface area contributed by atoms with Crippen LogP contribution >= 0.6 is 23.4 Å². The van der Waals surface area contributed by atoms with Gasteiger partial charge in [-0.2, -0.15) is 5.26 Å². The SMILES string of the molecule is C[C@H](C#N)Sc1nnc(-c2ccc(Cl)cc2)n1C[C@H]1CCCO1. The Balaban J connectivity index is 1.94. The van der Waals surface area contributed by atoms with Gasteiger partial charge < -0.3 is 4.74 Å². The molecule has 0 spiro atoms. The molecule has 0 amide bonds. The minimum Gasteiger partial charge on any atom is -0.376 e. The summed E-state index contributed by atoms with van der Waals surface area (Å²) in [6.07, 6.45) is 2.30. The van der Waals surface area contributed by atoms with Crippen LogP contribution in [0.1, 0.15) is 19.8 Å². The van der Waals surface area contributed by atoms with E-state index >= 15 is 0 Å². The molecule has 5 nitrogen and oxygen atoms in total. The molecule has 2 atom stereocenters. The third-order valence-electron chi connectivity index (χ3n) is 3.69. The highest BCUT2D eigenvalue weighted by Gasteiger charge is 2.22. The number of halogens is 1. The van der Waals surface area contributed by atoms with E-state index in [9.17, 15) is 0 Å². The number of nitrogens with zero attached hydrogens (tertiary/aromatic N) is 4. The maximum atomic E-state index is 9.06. The van der Waals surface area contributed by atoms with E-state index < -0.39 is 0 Å². The van der Waals surface area contributed by atoms with E-state index in [2.05, 4.69) is 20.8 Å². The smallest absolute Gasteiger partial charge is 0.192 e. The van der Waals surface area contributed by atoms with Crippen LogP contribution in [0, 0.1) is 11.3 Å². The predicted molar refractivity (Wildman–Crippen MR) is 90.4 cm³/mol. The summed E-state index contributed by atoms with van der Waals surface area (Å²) < 4.78 is 7.80. The zero-order chi connectivity index (χ0) is 16.2. The normalized spacial score (nSPS) is 18.7. The van der Waals surface area contributed by atoms with Crippen molar-refractivity contribution in [2.45, 2.75) is 42.8 Å². The summed E-state index contributed by atoms with van der Waals surface area (Å²) in [5, 5.41) is 18.9. The van der Waals surface area contributed by atoms with Crippen LogP contribution in [0.3, 0.4) is 0 Å². The van der Waals surface area contributed by atoms with Crippen LogP contribution in [0.4, 0.5) is 0 Å². The van der Waals surface area contributed by atoms with Crippen LogP contribution in [0.5, 0.6) is 0 Å². The van der Waals surface area contributed by atoms with Gasteiger partial charge in [-0.1, -0.05) is 23.4 Å². The summed E-state index contributed by atoms with van der Waals surface area (Å²) in [6, 6.07) is 9.77. The molecular formula is C16H17ClN4OS. The molecule has 0 aliphatic carbocycles. The van der Waals surface area contributed by atoms with E-state index in [0.717, 1.165) is 36.0 Å². The Hall–Kier alpha value is -1.55. The molecule has 1 aliphatic heterocycles. The van der Waals surface area contributed by atoms with E-state index in [-0.39, 0.29) is 11.4 Å². The van der Waals surface area contributed by atoms with Crippen LogP contribution in [-0.2, 0) is 11.3 Å². The van der Waals surface area contributed by atoms with E-state index in [1.165, 1.54) is 11.8 Å². The standard InChI is InChI=1S/C16H17ClN4OS/c1-11(9-18)23-16-20-19-15(12-4-6-13(17)7-5-12)21(16)10-14-3-2-8-22-14/h4-7,11,14H,2-3,8,10H2,1H3/t11-,14-/m1/s1. The number of thioether (sulfide) groups is 1. The highest BCUT2D eigenvalue weighted by molar-refractivity contribution is 8.00. The Morgan fingerprint density at radius 2 is 2.22 bits per heavy atom. The maximum absolute atomic E-state index is 9.06. The number of aromatic nitrogens is 3. The third kappa shape index (κ3) is 3.86. The number of hydrogen-bond donors (Lipinski definition) is 0. The first-order chi connectivity index (χ1) is 11.2. The summed E-state index contributed by atoms with van der Waals surface area (Å²) in [7, 11) is 0. The first-order valence-electron chi connectivity index (χ1n) is 7.54. The lowest BCUT2D eigenvalue weighted by Crippen LogP contribution is -2.17. The molecule has 2 aromatic rings. The number of benzene rings is 1. The van der Waals surface area contributed by atoms with Crippen LogP contribution in [0.2, 0.25) is 5.02 Å². The Morgan fingerprint density at radius 1 is 1.43 bits per heavy atom. The van der Waals surface area contributed by atoms with Gasteiger partial charge in [0.15, 0.2) is 11.0 Å². The highest BCUT2D eigenvalue weighted by atomic mass is 35.5. The van der Waals surface area contributed by atoms with Crippen LogP contribution in [0.25, 0.3) is 11.4 Å². The van der Waals surface area contributed by atoms with Crippen molar-refractivity contribution >= 4 is 23.4 Å². The number of ether oxygens (including phenoxy) is 1. The molecule has 1 fully saturated rings. The molecule has 3 rings (SSSR count). The summed E-state index contributed by atoms with van der Waals surface area (Å²) in [6.45, 7) is 3.36. The second-order valence-corrected chi connectivity index (χ2v) is 7.19. The lowest BCUT2D eigenvalue weighted by atomic mass is 10.2. The van der Waals surface area contributed by atoms with E-state index in [1.807, 2.05) is 31.2 Å². The molecule has 120 valence electrons. The van der Waals surface area contributed by atoms with E-state index in [0.29, 0.717) is 11.6 Å².